The Labute approximate surface area is 194 Å². The third-order valence-corrected chi connectivity index (χ3v) is 7.51. The van der Waals surface area contributed by atoms with Gasteiger partial charge in [0.15, 0.2) is 0 Å². The number of aliphatic hydroxyl groups excluding tert-OH is 1. The van der Waals surface area contributed by atoms with Crippen LogP contribution in [0.25, 0.3) is 5.57 Å². The summed E-state index contributed by atoms with van der Waals surface area (Å²) in [6, 6.07) is 9.36. The van der Waals surface area contributed by atoms with Crippen molar-refractivity contribution in [3.8, 4) is 0 Å². The van der Waals surface area contributed by atoms with Gasteiger partial charge in [0.2, 0.25) is 5.91 Å². The number of rotatable bonds is 7. The van der Waals surface area contributed by atoms with Gasteiger partial charge in [0, 0.05) is 42.6 Å². The first-order valence-electron chi connectivity index (χ1n) is 12.1. The number of carbonyl (C=O) groups excluding carboxylic acids is 1. The molecule has 1 aliphatic carbocycles. The van der Waals surface area contributed by atoms with Gasteiger partial charge in [0.1, 0.15) is 0 Å². The van der Waals surface area contributed by atoms with Crippen LogP contribution in [0.3, 0.4) is 0 Å². The van der Waals surface area contributed by atoms with Crippen LogP contribution < -0.4 is 10.9 Å². The van der Waals surface area contributed by atoms with Gasteiger partial charge in [-0.15, -0.1) is 0 Å². The molecule has 2 aliphatic heterocycles. The lowest BCUT2D eigenvalue weighted by molar-refractivity contribution is -0.127. The fourth-order valence-corrected chi connectivity index (χ4v) is 6.05. The zero-order valence-electron chi connectivity index (χ0n) is 19.1. The predicted molar refractivity (Wildman–Crippen MR) is 126 cm³/mol. The van der Waals surface area contributed by atoms with E-state index in [2.05, 4.69) is 28.2 Å². The first-order valence-corrected chi connectivity index (χ1v) is 12.1. The summed E-state index contributed by atoms with van der Waals surface area (Å²) >= 11 is 0. The number of nitrogens with zero attached hydrogens (tertiary/aromatic N) is 3. The molecule has 0 radical (unpaired) electrons. The summed E-state index contributed by atoms with van der Waals surface area (Å²) in [5.74, 6) is -0.726. The Hall–Kier alpha value is -2.77. The molecule has 4 heterocycles. The highest BCUT2D eigenvalue weighted by Crippen LogP contribution is 2.48. The second kappa shape index (κ2) is 9.23. The van der Waals surface area contributed by atoms with E-state index >= 15 is 0 Å². The zero-order valence-corrected chi connectivity index (χ0v) is 19.1. The van der Waals surface area contributed by atoms with Gasteiger partial charge in [-0.1, -0.05) is 19.1 Å². The number of aliphatic hydroxyl groups is 1. The summed E-state index contributed by atoms with van der Waals surface area (Å²) in [4.78, 5) is 33.6. The number of hydrogen-bond donors (Lipinski definition) is 2. The van der Waals surface area contributed by atoms with Crippen molar-refractivity contribution in [3.63, 3.8) is 0 Å². The Bertz CT molecular complexity index is 1110. The number of aromatic nitrogens is 2. The fraction of sp³-hybridized carbons (Fsp3) is 0.500. The fourth-order valence-electron chi connectivity index (χ4n) is 6.05. The Morgan fingerprint density at radius 1 is 1.27 bits per heavy atom. The van der Waals surface area contributed by atoms with Crippen LogP contribution in [0.1, 0.15) is 55.6 Å². The normalized spacial score (nSPS) is 26.2. The first-order chi connectivity index (χ1) is 16.1. The van der Waals surface area contributed by atoms with E-state index in [0.29, 0.717) is 13.1 Å². The van der Waals surface area contributed by atoms with Gasteiger partial charge in [-0.05, 0) is 62.1 Å². The Kier molecular flexibility index (Phi) is 6.17. The third kappa shape index (κ3) is 3.83. The van der Waals surface area contributed by atoms with Crippen molar-refractivity contribution in [2.75, 3.05) is 13.2 Å². The van der Waals surface area contributed by atoms with Gasteiger partial charge < -0.3 is 15.0 Å². The van der Waals surface area contributed by atoms with Crippen molar-refractivity contribution in [1.82, 2.24) is 19.8 Å². The Morgan fingerprint density at radius 3 is 2.85 bits per heavy atom. The minimum atomic E-state index is -0.417. The maximum Gasteiger partial charge on any atom is 0.258 e. The van der Waals surface area contributed by atoms with Crippen molar-refractivity contribution in [3.05, 3.63) is 69.9 Å². The summed E-state index contributed by atoms with van der Waals surface area (Å²) in [6.07, 6.45) is 7.90. The van der Waals surface area contributed by atoms with E-state index in [-0.39, 0.29) is 36.1 Å². The molecule has 2 aromatic heterocycles. The van der Waals surface area contributed by atoms with Crippen molar-refractivity contribution in [1.29, 1.82) is 0 Å². The molecule has 0 aromatic carbocycles. The van der Waals surface area contributed by atoms with Gasteiger partial charge in [-0.3, -0.25) is 19.5 Å². The minimum Gasteiger partial charge on any atom is -0.396 e. The van der Waals surface area contributed by atoms with E-state index in [1.54, 1.807) is 6.20 Å². The number of carbonyl (C=O) groups is 1. The smallest absolute Gasteiger partial charge is 0.258 e. The largest absolute Gasteiger partial charge is 0.396 e. The summed E-state index contributed by atoms with van der Waals surface area (Å²) in [6.45, 7) is 3.74. The van der Waals surface area contributed by atoms with Crippen LogP contribution in [0.4, 0.5) is 0 Å². The van der Waals surface area contributed by atoms with Crippen LogP contribution in [0.15, 0.2) is 47.4 Å². The van der Waals surface area contributed by atoms with E-state index in [1.807, 2.05) is 34.9 Å². The molecule has 3 aliphatic rings. The molecule has 0 unspecified atom stereocenters. The summed E-state index contributed by atoms with van der Waals surface area (Å²) < 4.78 is 1.88. The van der Waals surface area contributed by atoms with Gasteiger partial charge in [0.25, 0.3) is 5.56 Å². The summed E-state index contributed by atoms with van der Waals surface area (Å²) in [5.41, 5.74) is 3.65. The van der Waals surface area contributed by atoms with Crippen molar-refractivity contribution < 1.29 is 9.90 Å². The van der Waals surface area contributed by atoms with Crippen molar-refractivity contribution in [2.24, 2.45) is 11.8 Å². The third-order valence-electron chi connectivity index (χ3n) is 7.51. The lowest BCUT2D eigenvalue weighted by Gasteiger charge is -2.38. The SMILES string of the molecule is CCCN1[C@@H]2c3ccc(C4=CCCC4)c(=O)n3C[C@H]1[C@H](CO)[C@H]2C(=O)NCc1ccccn1. The van der Waals surface area contributed by atoms with Crippen LogP contribution in [-0.2, 0) is 17.9 Å². The maximum absolute atomic E-state index is 13.5. The van der Waals surface area contributed by atoms with Crippen LogP contribution in [-0.4, -0.2) is 44.7 Å². The van der Waals surface area contributed by atoms with Crippen LogP contribution in [0, 0.1) is 11.8 Å². The van der Waals surface area contributed by atoms with Crippen molar-refractivity contribution >= 4 is 11.5 Å². The van der Waals surface area contributed by atoms with E-state index < -0.39 is 5.92 Å². The highest BCUT2D eigenvalue weighted by atomic mass is 16.3. The molecule has 7 heteroatoms. The average molecular weight is 449 g/mol. The molecule has 1 fully saturated rings. The maximum atomic E-state index is 13.5. The van der Waals surface area contributed by atoms with Gasteiger partial charge in [0.05, 0.1) is 24.2 Å². The molecular formula is C26H32N4O3. The molecule has 5 rings (SSSR count). The molecule has 33 heavy (non-hydrogen) atoms. The topological polar surface area (TPSA) is 87.5 Å². The molecule has 174 valence electrons. The van der Waals surface area contributed by atoms with E-state index in [1.165, 1.54) is 0 Å². The molecule has 2 N–H and O–H groups in total. The van der Waals surface area contributed by atoms with Gasteiger partial charge in [-0.2, -0.15) is 0 Å². The molecular weight excluding hydrogens is 416 g/mol. The molecule has 7 nitrogen and oxygen atoms in total. The molecule has 0 spiro atoms. The van der Waals surface area contributed by atoms with Gasteiger partial charge in [-0.25, -0.2) is 0 Å². The lowest BCUT2D eigenvalue weighted by Crippen LogP contribution is -2.47. The standard InChI is InChI=1S/C26H32N4O3/c1-2-13-29-22-15-30-21(11-10-19(26(30)33)17-7-3-4-8-17)24(29)23(20(22)16-31)25(32)28-14-18-9-5-6-12-27-18/h5-7,9-12,20,22-24,31H,2-4,8,13-16H2,1H3,(H,28,32)/t20-,22-,23+,24+/m0/s1. The molecule has 0 saturated carbocycles. The quantitative estimate of drug-likeness (QED) is 0.680. The summed E-state index contributed by atoms with van der Waals surface area (Å²) in [7, 11) is 0. The molecule has 1 amide bonds. The molecule has 4 atom stereocenters. The average Bonchev–Trinajstić information content (AvgIpc) is 3.43. The number of pyridine rings is 2. The van der Waals surface area contributed by atoms with Crippen LogP contribution in [0.5, 0.6) is 0 Å². The van der Waals surface area contributed by atoms with Gasteiger partial charge >= 0.3 is 0 Å². The van der Waals surface area contributed by atoms with E-state index in [4.69, 9.17) is 0 Å². The Morgan fingerprint density at radius 2 is 2.15 bits per heavy atom. The number of nitrogens with one attached hydrogen (secondary N) is 1. The molecule has 2 aromatic rings. The summed E-state index contributed by atoms with van der Waals surface area (Å²) in [5, 5.41) is 13.4. The van der Waals surface area contributed by atoms with Crippen LogP contribution in [0.2, 0.25) is 0 Å². The van der Waals surface area contributed by atoms with Crippen molar-refractivity contribution in [2.45, 2.75) is 57.8 Å². The van der Waals surface area contributed by atoms with E-state index in [9.17, 15) is 14.7 Å². The van der Waals surface area contributed by atoms with E-state index in [0.717, 1.165) is 54.8 Å². The minimum absolute atomic E-state index is 0.0384. The highest BCUT2D eigenvalue weighted by Gasteiger charge is 2.55. The van der Waals surface area contributed by atoms with Crippen LogP contribution >= 0.6 is 0 Å². The predicted octanol–water partition coefficient (Wildman–Crippen LogP) is 2.50. The molecule has 1 saturated heterocycles. The second-order valence-corrected chi connectivity index (χ2v) is 9.37. The first kappa shape index (κ1) is 22.0. The second-order valence-electron chi connectivity index (χ2n) is 9.37. The lowest BCUT2D eigenvalue weighted by atomic mass is 9.86. The Balaban J connectivity index is 1.50. The monoisotopic (exact) mass is 448 g/mol. The number of hydrogen-bond acceptors (Lipinski definition) is 5. The highest BCUT2D eigenvalue weighted by molar-refractivity contribution is 5.80. The number of fused-ring (bicyclic) bond motifs is 4. The molecule has 2 bridgehead atoms. The number of allylic oxidation sites excluding steroid dienone is 2. The zero-order chi connectivity index (χ0) is 22.9. The number of amides is 1.